The van der Waals surface area contributed by atoms with Crippen molar-refractivity contribution in [2.45, 2.75) is 58.9 Å². The minimum atomic E-state index is -0.272. The Morgan fingerprint density at radius 2 is 1.70 bits per heavy atom. The van der Waals surface area contributed by atoms with Crippen LogP contribution >= 0.6 is 0 Å². The van der Waals surface area contributed by atoms with Gasteiger partial charge in [-0.3, -0.25) is 14.6 Å². The van der Waals surface area contributed by atoms with Crippen LogP contribution in [0.4, 0.5) is 0 Å². The molecule has 8 nitrogen and oxygen atoms in total. The van der Waals surface area contributed by atoms with Gasteiger partial charge in [-0.25, -0.2) is 0 Å². The number of nitrogens with zero attached hydrogens (tertiary/aromatic N) is 2. The van der Waals surface area contributed by atoms with Crippen LogP contribution < -0.4 is 16.0 Å². The summed E-state index contributed by atoms with van der Waals surface area (Å²) >= 11 is 0. The number of aliphatic imine (C=N–C) groups is 1. The fraction of sp³-hybridized carbons (Fsp3) is 0.591. The molecular formula is C22H35N5O3. The summed E-state index contributed by atoms with van der Waals surface area (Å²) in [6.45, 7) is 11.7. The number of hydrogen-bond donors (Lipinski definition) is 3. The number of morpholine rings is 1. The van der Waals surface area contributed by atoms with Crippen molar-refractivity contribution in [3.63, 3.8) is 0 Å². The molecule has 2 amide bonds. The number of nitrogens with one attached hydrogen (secondary N) is 3. The molecule has 2 atom stereocenters. The van der Waals surface area contributed by atoms with Gasteiger partial charge in [-0.1, -0.05) is 12.1 Å². The number of benzene rings is 1. The molecule has 3 N–H and O–H groups in total. The molecule has 0 aromatic heterocycles. The van der Waals surface area contributed by atoms with Gasteiger partial charge in [-0.15, -0.1) is 0 Å². The molecule has 0 radical (unpaired) electrons. The lowest BCUT2D eigenvalue weighted by atomic mass is 10.1. The SMILES string of the molecule is CN=C(NCC(=O)NC(C)(C)C)NCc1ccc(C(=O)N2CC(C)OC(C)C2)cc1. The Labute approximate surface area is 179 Å². The minimum Gasteiger partial charge on any atom is -0.372 e. The summed E-state index contributed by atoms with van der Waals surface area (Å²) in [6.07, 6.45) is 0.0943. The molecular weight excluding hydrogens is 382 g/mol. The molecule has 1 aliphatic heterocycles. The van der Waals surface area contributed by atoms with Gasteiger partial charge >= 0.3 is 0 Å². The maximum Gasteiger partial charge on any atom is 0.254 e. The highest BCUT2D eigenvalue weighted by molar-refractivity contribution is 5.94. The van der Waals surface area contributed by atoms with Crippen LogP contribution in [0.25, 0.3) is 0 Å². The van der Waals surface area contributed by atoms with Gasteiger partial charge in [-0.2, -0.15) is 0 Å². The van der Waals surface area contributed by atoms with Crippen LogP contribution in [0.2, 0.25) is 0 Å². The Hall–Kier alpha value is -2.61. The second-order valence-electron chi connectivity index (χ2n) is 8.74. The second kappa shape index (κ2) is 10.4. The average molecular weight is 418 g/mol. The zero-order valence-electron chi connectivity index (χ0n) is 18.9. The molecule has 166 valence electrons. The highest BCUT2D eigenvalue weighted by atomic mass is 16.5. The molecule has 0 aliphatic carbocycles. The van der Waals surface area contributed by atoms with E-state index in [9.17, 15) is 9.59 Å². The molecule has 1 aliphatic rings. The van der Waals surface area contributed by atoms with Crippen LogP contribution in [-0.4, -0.2) is 67.1 Å². The van der Waals surface area contributed by atoms with Gasteiger partial charge in [0.15, 0.2) is 5.96 Å². The van der Waals surface area contributed by atoms with Gasteiger partial charge in [0.1, 0.15) is 0 Å². The van der Waals surface area contributed by atoms with Crippen LogP contribution in [-0.2, 0) is 16.1 Å². The summed E-state index contributed by atoms with van der Waals surface area (Å²) in [5.41, 5.74) is 1.41. The van der Waals surface area contributed by atoms with Gasteiger partial charge in [0.2, 0.25) is 5.91 Å². The first-order chi connectivity index (χ1) is 14.1. The lowest BCUT2D eigenvalue weighted by molar-refractivity contribution is -0.121. The lowest BCUT2D eigenvalue weighted by Crippen LogP contribution is -2.48. The Bertz CT molecular complexity index is 745. The van der Waals surface area contributed by atoms with E-state index >= 15 is 0 Å². The Morgan fingerprint density at radius 3 is 2.23 bits per heavy atom. The third kappa shape index (κ3) is 7.67. The van der Waals surface area contributed by atoms with Crippen molar-refractivity contribution < 1.29 is 14.3 Å². The van der Waals surface area contributed by atoms with E-state index in [0.29, 0.717) is 31.2 Å². The van der Waals surface area contributed by atoms with Crippen LogP contribution in [0.1, 0.15) is 50.5 Å². The first-order valence-electron chi connectivity index (χ1n) is 10.4. The number of carbonyl (C=O) groups excluding carboxylic acids is 2. The summed E-state index contributed by atoms with van der Waals surface area (Å²) in [6, 6.07) is 7.54. The monoisotopic (exact) mass is 417 g/mol. The predicted molar refractivity (Wildman–Crippen MR) is 118 cm³/mol. The molecule has 2 unspecified atom stereocenters. The molecule has 1 aromatic carbocycles. The number of rotatable bonds is 5. The number of carbonyl (C=O) groups is 2. The lowest BCUT2D eigenvalue weighted by Gasteiger charge is -2.35. The molecule has 1 saturated heterocycles. The third-order valence-corrected chi connectivity index (χ3v) is 4.52. The first kappa shape index (κ1) is 23.7. The summed E-state index contributed by atoms with van der Waals surface area (Å²) in [5.74, 6) is 0.467. The van der Waals surface area contributed by atoms with E-state index in [2.05, 4.69) is 20.9 Å². The van der Waals surface area contributed by atoms with E-state index in [1.807, 2.05) is 63.8 Å². The number of ether oxygens (including phenoxy) is 1. The van der Waals surface area contributed by atoms with E-state index in [0.717, 1.165) is 5.56 Å². The maximum absolute atomic E-state index is 12.8. The van der Waals surface area contributed by atoms with Crippen LogP contribution in [0.3, 0.4) is 0 Å². The number of amides is 2. The smallest absolute Gasteiger partial charge is 0.254 e. The topological polar surface area (TPSA) is 95.1 Å². The largest absolute Gasteiger partial charge is 0.372 e. The zero-order valence-corrected chi connectivity index (χ0v) is 18.9. The summed E-state index contributed by atoms with van der Waals surface area (Å²) in [4.78, 5) is 30.7. The fourth-order valence-electron chi connectivity index (χ4n) is 3.32. The van der Waals surface area contributed by atoms with Crippen molar-refractivity contribution in [2.24, 2.45) is 4.99 Å². The molecule has 2 rings (SSSR count). The average Bonchev–Trinajstić information content (AvgIpc) is 2.66. The van der Waals surface area contributed by atoms with Gasteiger partial charge in [0.25, 0.3) is 5.91 Å². The molecule has 0 saturated carbocycles. The molecule has 1 fully saturated rings. The van der Waals surface area contributed by atoms with Gasteiger partial charge in [0.05, 0.1) is 18.8 Å². The van der Waals surface area contributed by atoms with Crippen molar-refractivity contribution in [2.75, 3.05) is 26.7 Å². The van der Waals surface area contributed by atoms with E-state index in [-0.39, 0.29) is 36.1 Å². The number of guanidine groups is 1. The summed E-state index contributed by atoms with van der Waals surface area (Å²) in [7, 11) is 1.66. The standard InChI is InChI=1S/C22H35N5O3/c1-15-13-27(14-16(2)30-15)20(29)18-9-7-17(8-10-18)11-24-21(23-6)25-12-19(28)26-22(3,4)5/h7-10,15-16H,11-14H2,1-6H3,(H,26,28)(H2,23,24,25). The Balaban J connectivity index is 1.84. The summed E-state index contributed by atoms with van der Waals surface area (Å²) < 4.78 is 5.70. The van der Waals surface area contributed by atoms with Crippen molar-refractivity contribution in [1.82, 2.24) is 20.9 Å². The molecule has 30 heavy (non-hydrogen) atoms. The van der Waals surface area contributed by atoms with Crippen molar-refractivity contribution >= 4 is 17.8 Å². The zero-order chi connectivity index (χ0) is 22.3. The van der Waals surface area contributed by atoms with E-state index < -0.39 is 0 Å². The van der Waals surface area contributed by atoms with Gasteiger partial charge < -0.3 is 25.6 Å². The fourth-order valence-corrected chi connectivity index (χ4v) is 3.32. The Kier molecular flexibility index (Phi) is 8.23. The van der Waals surface area contributed by atoms with Crippen LogP contribution in [0, 0.1) is 0 Å². The van der Waals surface area contributed by atoms with Crippen molar-refractivity contribution in [1.29, 1.82) is 0 Å². The third-order valence-electron chi connectivity index (χ3n) is 4.52. The van der Waals surface area contributed by atoms with Crippen molar-refractivity contribution in [3.8, 4) is 0 Å². The number of hydrogen-bond acceptors (Lipinski definition) is 4. The van der Waals surface area contributed by atoms with Crippen LogP contribution in [0.15, 0.2) is 29.3 Å². The van der Waals surface area contributed by atoms with Crippen molar-refractivity contribution in [3.05, 3.63) is 35.4 Å². The van der Waals surface area contributed by atoms with E-state index in [1.54, 1.807) is 7.05 Å². The van der Waals surface area contributed by atoms with E-state index in [1.165, 1.54) is 0 Å². The second-order valence-corrected chi connectivity index (χ2v) is 8.74. The highest BCUT2D eigenvalue weighted by Crippen LogP contribution is 2.15. The summed E-state index contributed by atoms with van der Waals surface area (Å²) in [5, 5.41) is 9.07. The first-order valence-corrected chi connectivity index (χ1v) is 10.4. The van der Waals surface area contributed by atoms with Crippen LogP contribution in [0.5, 0.6) is 0 Å². The molecule has 0 spiro atoms. The molecule has 1 heterocycles. The van der Waals surface area contributed by atoms with Gasteiger partial charge in [-0.05, 0) is 52.3 Å². The quantitative estimate of drug-likeness (QED) is 0.499. The van der Waals surface area contributed by atoms with E-state index in [4.69, 9.17) is 4.74 Å². The predicted octanol–water partition coefficient (Wildman–Crippen LogP) is 1.52. The minimum absolute atomic E-state index is 0.0267. The molecule has 0 bridgehead atoms. The van der Waals surface area contributed by atoms with Gasteiger partial charge in [0, 0.05) is 37.8 Å². The maximum atomic E-state index is 12.8. The molecule has 8 heteroatoms. The normalized spacial score (nSPS) is 19.9. The highest BCUT2D eigenvalue weighted by Gasteiger charge is 2.26. The Morgan fingerprint density at radius 1 is 1.10 bits per heavy atom. The molecule has 1 aromatic rings.